The van der Waals surface area contributed by atoms with Gasteiger partial charge in [-0.15, -0.1) is 10.2 Å². The van der Waals surface area contributed by atoms with Crippen LogP contribution in [0.3, 0.4) is 0 Å². The molecule has 0 aliphatic carbocycles. The quantitative estimate of drug-likeness (QED) is 0.594. The Morgan fingerprint density at radius 2 is 2.00 bits per heavy atom. The van der Waals surface area contributed by atoms with E-state index in [0.29, 0.717) is 5.76 Å². The Hall–Kier alpha value is -2.67. The van der Waals surface area contributed by atoms with Crippen molar-refractivity contribution in [3.63, 3.8) is 0 Å². The molecule has 1 atom stereocenters. The van der Waals surface area contributed by atoms with E-state index < -0.39 is 21.5 Å². The van der Waals surface area contributed by atoms with Gasteiger partial charge in [0.25, 0.3) is 10.0 Å². The smallest absolute Gasteiger partial charge is 0.345 e. The average molecular weight is 379 g/mol. The van der Waals surface area contributed by atoms with Crippen molar-refractivity contribution in [1.82, 2.24) is 5.16 Å². The number of aromatic nitrogens is 1. The lowest BCUT2D eigenvalue weighted by atomic mass is 10.2. The number of ether oxygens (including phenoxy) is 1. The molecule has 9 nitrogen and oxygen atoms in total. The van der Waals surface area contributed by atoms with Crippen LogP contribution in [-0.2, 0) is 14.4 Å². The molecule has 2 N–H and O–H groups in total. The normalized spacial score (nSPS) is 14.0. The van der Waals surface area contributed by atoms with E-state index in [-0.39, 0.29) is 22.9 Å². The third-order valence-electron chi connectivity index (χ3n) is 2.74. The molecular weight excluding hydrogens is 367 g/mol. The summed E-state index contributed by atoms with van der Waals surface area (Å²) in [6, 6.07) is 3.65. The molecule has 1 unspecified atom stereocenters. The van der Waals surface area contributed by atoms with E-state index in [4.69, 9.17) is 15.0 Å². The van der Waals surface area contributed by atoms with Crippen LogP contribution >= 0.6 is 0 Å². The summed E-state index contributed by atoms with van der Waals surface area (Å²) in [6.07, 6.45) is 0. The van der Waals surface area contributed by atoms with Gasteiger partial charge in [-0.2, -0.15) is 13.1 Å². The monoisotopic (exact) mass is 379 g/mol. The van der Waals surface area contributed by atoms with Crippen molar-refractivity contribution >= 4 is 32.9 Å². The Bertz CT molecular complexity index is 908. The maximum Gasteiger partial charge on any atom is 0.345 e. The highest BCUT2D eigenvalue weighted by molar-refractivity contribution is 7.89. The highest BCUT2D eigenvalue weighted by Crippen LogP contribution is 2.39. The number of anilines is 1. The molecule has 0 aliphatic heterocycles. The molecule has 0 fully saturated rings. The zero-order chi connectivity index (χ0) is 18.6. The molecular formula is C12H12F3N5O4S. The first-order valence-corrected chi connectivity index (χ1v) is 7.96. The molecule has 0 amide bonds. The molecule has 0 spiro atoms. The van der Waals surface area contributed by atoms with Crippen molar-refractivity contribution in [3.8, 4) is 5.75 Å². The number of benzene rings is 1. The highest BCUT2D eigenvalue weighted by Gasteiger charge is 2.26. The van der Waals surface area contributed by atoms with Gasteiger partial charge in [0.15, 0.2) is 0 Å². The van der Waals surface area contributed by atoms with Gasteiger partial charge >= 0.3 is 5.76 Å². The van der Waals surface area contributed by atoms with Crippen LogP contribution in [0, 0.1) is 6.92 Å². The molecule has 1 heterocycles. The van der Waals surface area contributed by atoms with E-state index in [1.165, 1.54) is 19.2 Å². The molecule has 0 radical (unpaired) electrons. The molecule has 2 rings (SSSR count). The van der Waals surface area contributed by atoms with Crippen LogP contribution in [0.1, 0.15) is 5.76 Å². The molecule has 0 bridgehead atoms. The van der Waals surface area contributed by atoms with Crippen molar-refractivity contribution < 1.29 is 31.2 Å². The number of hydrogen-bond donors (Lipinski definition) is 1. The number of azo groups is 1. The van der Waals surface area contributed by atoms with Gasteiger partial charge in [-0.3, -0.25) is 0 Å². The van der Waals surface area contributed by atoms with E-state index in [1.54, 1.807) is 6.92 Å². The molecule has 13 heteroatoms. The minimum Gasteiger partial charge on any atom is -0.495 e. The SMILES string of the molecule is COc1cc(N=Nc2cc(C)on2)c(N=S(=O)(OF)C(F)F)cc1N. The predicted octanol–water partition coefficient (Wildman–Crippen LogP) is 4.13. The number of halogens is 3. The lowest BCUT2D eigenvalue weighted by Crippen LogP contribution is -2.10. The highest BCUT2D eigenvalue weighted by atomic mass is 32.2. The fraction of sp³-hybridized carbons (Fsp3) is 0.250. The minimum atomic E-state index is -4.94. The number of rotatable bonds is 6. The molecule has 0 aliphatic rings. The van der Waals surface area contributed by atoms with Crippen molar-refractivity contribution in [2.24, 2.45) is 14.6 Å². The second-order valence-electron chi connectivity index (χ2n) is 4.51. The predicted molar refractivity (Wildman–Crippen MR) is 81.2 cm³/mol. The summed E-state index contributed by atoms with van der Waals surface area (Å²) in [5.74, 6) is -3.05. The van der Waals surface area contributed by atoms with Crippen molar-refractivity contribution in [2.75, 3.05) is 12.8 Å². The van der Waals surface area contributed by atoms with Gasteiger partial charge in [0, 0.05) is 12.1 Å². The van der Waals surface area contributed by atoms with Crippen LogP contribution in [0.5, 0.6) is 5.75 Å². The number of methoxy groups -OCH3 is 1. The summed E-state index contributed by atoms with van der Waals surface area (Å²) in [5.41, 5.74) is 4.99. The molecule has 0 saturated heterocycles. The Labute approximate surface area is 139 Å². The second-order valence-corrected chi connectivity index (χ2v) is 6.20. The van der Waals surface area contributed by atoms with Crippen molar-refractivity contribution in [3.05, 3.63) is 24.0 Å². The third-order valence-corrected chi connectivity index (χ3v) is 3.83. The molecule has 1 aromatic carbocycles. The fourth-order valence-electron chi connectivity index (χ4n) is 1.63. The third kappa shape index (κ3) is 4.24. The standard InChI is InChI=1S/C12H12F3N5O4S/c1-6-3-11(19-23-6)18-17-8-5-10(22-2)7(16)4-9(8)20-25(21,24-15)12(13)14/h3-5,12H,16H2,1-2H3. The van der Waals surface area contributed by atoms with Crippen LogP contribution < -0.4 is 10.5 Å². The summed E-state index contributed by atoms with van der Waals surface area (Å²) in [7, 11) is -3.64. The van der Waals surface area contributed by atoms with E-state index in [0.717, 1.165) is 6.07 Å². The van der Waals surface area contributed by atoms with E-state index >= 15 is 0 Å². The molecule has 25 heavy (non-hydrogen) atoms. The van der Waals surface area contributed by atoms with Crippen LogP contribution in [-0.4, -0.2) is 22.2 Å². The number of hydrogen-bond acceptors (Lipinski definition) is 9. The molecule has 2 aromatic rings. The van der Waals surface area contributed by atoms with Gasteiger partial charge in [-0.25, -0.2) is 4.21 Å². The maximum atomic E-state index is 12.7. The summed E-state index contributed by atoms with van der Waals surface area (Å²) in [5, 5.41) is 11.0. The van der Waals surface area contributed by atoms with Crippen molar-refractivity contribution in [2.45, 2.75) is 12.7 Å². The fourth-order valence-corrected chi connectivity index (χ4v) is 2.21. The summed E-state index contributed by atoms with van der Waals surface area (Å²) >= 11 is 0. The number of aryl methyl sites for hydroxylation is 1. The van der Waals surface area contributed by atoms with E-state index in [9.17, 15) is 17.5 Å². The van der Waals surface area contributed by atoms with Gasteiger partial charge in [0.2, 0.25) is 5.82 Å². The summed E-state index contributed by atoms with van der Waals surface area (Å²) in [4.78, 5) is 0. The maximum absolute atomic E-state index is 12.7. The first kappa shape index (κ1) is 18.7. The minimum absolute atomic E-state index is 0.0349. The van der Waals surface area contributed by atoms with Crippen LogP contribution in [0.25, 0.3) is 0 Å². The topological polar surface area (TPSA) is 125 Å². The first-order chi connectivity index (χ1) is 11.8. The largest absolute Gasteiger partial charge is 0.495 e. The summed E-state index contributed by atoms with van der Waals surface area (Å²) < 4.78 is 65.2. The Morgan fingerprint density at radius 1 is 1.28 bits per heavy atom. The van der Waals surface area contributed by atoms with Crippen LogP contribution in [0.4, 0.5) is 36.2 Å². The lowest BCUT2D eigenvalue weighted by Gasteiger charge is -2.08. The van der Waals surface area contributed by atoms with Gasteiger partial charge in [0.1, 0.15) is 22.9 Å². The number of nitrogens with zero attached hydrogens (tertiary/aromatic N) is 4. The number of nitrogens with two attached hydrogens (primary N) is 1. The van der Waals surface area contributed by atoms with Crippen LogP contribution in [0.15, 0.2) is 37.3 Å². The zero-order valence-corrected chi connectivity index (χ0v) is 13.7. The van der Waals surface area contributed by atoms with E-state index in [2.05, 4.69) is 24.1 Å². The van der Waals surface area contributed by atoms with E-state index in [1.807, 2.05) is 0 Å². The Morgan fingerprint density at radius 3 is 2.52 bits per heavy atom. The van der Waals surface area contributed by atoms with Gasteiger partial charge in [0.05, 0.1) is 12.8 Å². The number of alkyl halides is 2. The first-order valence-electron chi connectivity index (χ1n) is 6.46. The van der Waals surface area contributed by atoms with Gasteiger partial charge < -0.3 is 15.0 Å². The molecule has 136 valence electrons. The van der Waals surface area contributed by atoms with Gasteiger partial charge in [-0.05, 0) is 17.5 Å². The average Bonchev–Trinajstić information content (AvgIpc) is 2.99. The van der Waals surface area contributed by atoms with Gasteiger partial charge in [-0.1, -0.05) is 9.54 Å². The van der Waals surface area contributed by atoms with Crippen LogP contribution in [0.2, 0.25) is 0 Å². The second kappa shape index (κ2) is 7.48. The summed E-state index contributed by atoms with van der Waals surface area (Å²) in [6.45, 7) is 1.62. The Kier molecular flexibility index (Phi) is 5.58. The molecule has 1 aromatic heterocycles. The zero-order valence-electron chi connectivity index (χ0n) is 12.9. The van der Waals surface area contributed by atoms with Crippen molar-refractivity contribution in [1.29, 1.82) is 0 Å². The Balaban J connectivity index is 2.59. The molecule has 0 saturated carbocycles. The lowest BCUT2D eigenvalue weighted by molar-refractivity contribution is -0.000950. The number of nitrogen functional groups attached to an aromatic ring is 1.